The van der Waals surface area contributed by atoms with Crippen LogP contribution in [0.15, 0.2) is 18.2 Å². The number of benzene rings is 1. The lowest BCUT2D eigenvalue weighted by atomic mass is 10.1. The van der Waals surface area contributed by atoms with Crippen LogP contribution >= 0.6 is 12.4 Å². The highest BCUT2D eigenvalue weighted by atomic mass is 35.5. The third-order valence-electron chi connectivity index (χ3n) is 2.26. The van der Waals surface area contributed by atoms with E-state index in [1.807, 2.05) is 14.0 Å². The van der Waals surface area contributed by atoms with Gasteiger partial charge in [0.2, 0.25) is 0 Å². The summed E-state index contributed by atoms with van der Waals surface area (Å²) in [5.41, 5.74) is 0.992. The van der Waals surface area contributed by atoms with E-state index in [1.54, 1.807) is 12.1 Å². The van der Waals surface area contributed by atoms with Gasteiger partial charge in [0, 0.05) is 6.54 Å². The monoisotopic (exact) mass is 260 g/mol. The van der Waals surface area contributed by atoms with Crippen LogP contribution in [0.3, 0.4) is 0 Å². The van der Waals surface area contributed by atoms with Crippen LogP contribution in [0.2, 0.25) is 0 Å². The summed E-state index contributed by atoms with van der Waals surface area (Å²) in [6.45, 7) is 3.21. The van der Waals surface area contributed by atoms with Crippen molar-refractivity contribution in [1.82, 2.24) is 10.6 Å². The first kappa shape index (κ1) is 15.9. The van der Waals surface area contributed by atoms with Gasteiger partial charge < -0.3 is 10.6 Å². The molecule has 0 aliphatic carbocycles. The summed E-state index contributed by atoms with van der Waals surface area (Å²) in [6, 6.07) is 4.52. The molecule has 0 saturated carbocycles. The molecule has 0 fully saturated rings. The molecule has 17 heavy (non-hydrogen) atoms. The molecular weight excluding hydrogens is 243 g/mol. The smallest absolute Gasteiger partial charge is 0.254 e. The fraction of sp³-hybridized carbons (Fsp3) is 0.417. The van der Waals surface area contributed by atoms with Crippen molar-refractivity contribution in [2.75, 3.05) is 20.1 Å². The largest absolute Gasteiger partial charge is 0.352 e. The number of nitrogens with one attached hydrogen (secondary N) is 2. The van der Waals surface area contributed by atoms with E-state index < -0.39 is 5.82 Å². The molecule has 0 bridgehead atoms. The minimum absolute atomic E-state index is 0. The second-order valence-corrected chi connectivity index (χ2v) is 3.70. The number of hydrogen-bond donors (Lipinski definition) is 2. The summed E-state index contributed by atoms with van der Waals surface area (Å²) in [5, 5.41) is 5.66. The SMILES string of the molecule is CNCCCNC(=O)c1cc(C)ccc1F.Cl. The number of halogens is 2. The van der Waals surface area contributed by atoms with Crippen molar-refractivity contribution < 1.29 is 9.18 Å². The van der Waals surface area contributed by atoms with Crippen molar-refractivity contribution in [3.05, 3.63) is 35.1 Å². The van der Waals surface area contributed by atoms with Gasteiger partial charge >= 0.3 is 0 Å². The third-order valence-corrected chi connectivity index (χ3v) is 2.26. The second kappa shape index (κ2) is 8.03. The first-order valence-corrected chi connectivity index (χ1v) is 5.34. The molecule has 5 heteroatoms. The summed E-state index contributed by atoms with van der Waals surface area (Å²) in [7, 11) is 1.85. The van der Waals surface area contributed by atoms with E-state index in [4.69, 9.17) is 0 Å². The molecule has 0 aromatic heterocycles. The van der Waals surface area contributed by atoms with Crippen molar-refractivity contribution in [3.63, 3.8) is 0 Å². The van der Waals surface area contributed by atoms with Crippen LogP contribution in [-0.2, 0) is 0 Å². The van der Waals surface area contributed by atoms with Gasteiger partial charge in [-0.2, -0.15) is 0 Å². The van der Waals surface area contributed by atoms with Gasteiger partial charge in [0.25, 0.3) is 5.91 Å². The van der Waals surface area contributed by atoms with E-state index >= 15 is 0 Å². The minimum Gasteiger partial charge on any atom is -0.352 e. The molecule has 1 amide bonds. The van der Waals surface area contributed by atoms with Gasteiger partial charge in [-0.05, 0) is 39.1 Å². The average molecular weight is 261 g/mol. The fourth-order valence-electron chi connectivity index (χ4n) is 1.38. The molecule has 1 aromatic carbocycles. The predicted octanol–water partition coefficient (Wildman–Crippen LogP) is 1.90. The Bertz CT molecular complexity index is 372. The van der Waals surface area contributed by atoms with Gasteiger partial charge in [0.05, 0.1) is 5.56 Å². The summed E-state index contributed by atoms with van der Waals surface area (Å²) in [5.74, 6) is -0.825. The zero-order valence-electron chi connectivity index (χ0n) is 10.0. The zero-order valence-corrected chi connectivity index (χ0v) is 10.9. The first-order valence-electron chi connectivity index (χ1n) is 5.34. The van der Waals surface area contributed by atoms with Crippen LogP contribution < -0.4 is 10.6 Å². The highest BCUT2D eigenvalue weighted by Crippen LogP contribution is 2.09. The molecular formula is C12H18ClFN2O. The fourth-order valence-corrected chi connectivity index (χ4v) is 1.38. The van der Waals surface area contributed by atoms with Crippen molar-refractivity contribution in [3.8, 4) is 0 Å². The molecule has 0 unspecified atom stereocenters. The van der Waals surface area contributed by atoms with Crippen molar-refractivity contribution >= 4 is 18.3 Å². The van der Waals surface area contributed by atoms with Gasteiger partial charge in [-0.3, -0.25) is 4.79 Å². The molecule has 0 aliphatic heterocycles. The van der Waals surface area contributed by atoms with Crippen LogP contribution in [0.5, 0.6) is 0 Å². The van der Waals surface area contributed by atoms with Gasteiger partial charge in [-0.25, -0.2) is 4.39 Å². The maximum atomic E-state index is 13.3. The number of hydrogen-bond acceptors (Lipinski definition) is 2. The molecule has 0 radical (unpaired) electrons. The number of rotatable bonds is 5. The molecule has 1 rings (SSSR count). The van der Waals surface area contributed by atoms with Gasteiger partial charge in [0.15, 0.2) is 0 Å². The Kier molecular flexibility index (Phi) is 7.50. The normalized spacial score (nSPS) is 9.59. The molecule has 3 nitrogen and oxygen atoms in total. The lowest BCUT2D eigenvalue weighted by Crippen LogP contribution is -2.27. The molecule has 0 aliphatic rings. The molecule has 0 spiro atoms. The van der Waals surface area contributed by atoms with Crippen molar-refractivity contribution in [1.29, 1.82) is 0 Å². The lowest BCUT2D eigenvalue weighted by molar-refractivity contribution is 0.0949. The molecule has 1 aromatic rings. The minimum atomic E-state index is -0.475. The van der Waals surface area contributed by atoms with E-state index in [0.29, 0.717) is 6.54 Å². The maximum absolute atomic E-state index is 13.3. The predicted molar refractivity (Wildman–Crippen MR) is 69.3 cm³/mol. The Balaban J connectivity index is 0.00000256. The molecule has 96 valence electrons. The zero-order chi connectivity index (χ0) is 12.0. The lowest BCUT2D eigenvalue weighted by Gasteiger charge is -2.06. The standard InChI is InChI=1S/C12H17FN2O.ClH/c1-9-4-5-11(13)10(8-9)12(16)15-7-3-6-14-2;/h4-5,8,14H,3,6-7H2,1-2H3,(H,15,16);1H. The van der Waals surface area contributed by atoms with Gasteiger partial charge in [0.1, 0.15) is 5.82 Å². The Morgan fingerprint density at radius 1 is 1.35 bits per heavy atom. The van der Waals surface area contributed by atoms with E-state index in [-0.39, 0.29) is 23.9 Å². The van der Waals surface area contributed by atoms with E-state index in [2.05, 4.69) is 10.6 Å². The second-order valence-electron chi connectivity index (χ2n) is 3.70. The molecule has 0 atom stereocenters. The van der Waals surface area contributed by atoms with Crippen LogP contribution in [0.25, 0.3) is 0 Å². The average Bonchev–Trinajstić information content (AvgIpc) is 2.27. The maximum Gasteiger partial charge on any atom is 0.254 e. The number of carbonyl (C=O) groups excluding carboxylic acids is 1. The topological polar surface area (TPSA) is 41.1 Å². The van der Waals surface area contributed by atoms with Gasteiger partial charge in [-0.1, -0.05) is 11.6 Å². The Labute approximate surface area is 107 Å². The van der Waals surface area contributed by atoms with Crippen molar-refractivity contribution in [2.45, 2.75) is 13.3 Å². The number of aryl methyl sites for hydroxylation is 1. The Morgan fingerprint density at radius 3 is 2.71 bits per heavy atom. The van der Waals surface area contributed by atoms with Crippen LogP contribution in [-0.4, -0.2) is 26.0 Å². The Hall–Kier alpha value is -1.13. The van der Waals surface area contributed by atoms with Gasteiger partial charge in [-0.15, -0.1) is 12.4 Å². The van der Waals surface area contributed by atoms with E-state index in [1.165, 1.54) is 6.07 Å². The summed E-state index contributed by atoms with van der Waals surface area (Å²) in [4.78, 5) is 11.6. The first-order chi connectivity index (χ1) is 7.65. The summed E-state index contributed by atoms with van der Waals surface area (Å²) < 4.78 is 13.3. The molecule has 0 heterocycles. The Morgan fingerprint density at radius 2 is 2.06 bits per heavy atom. The summed E-state index contributed by atoms with van der Waals surface area (Å²) in [6.07, 6.45) is 0.829. The number of amides is 1. The molecule has 0 saturated heterocycles. The highest BCUT2D eigenvalue weighted by Gasteiger charge is 2.10. The quantitative estimate of drug-likeness (QED) is 0.794. The molecule has 2 N–H and O–H groups in total. The van der Waals surface area contributed by atoms with Crippen molar-refractivity contribution in [2.24, 2.45) is 0 Å². The third kappa shape index (κ3) is 5.15. The van der Waals surface area contributed by atoms with Crippen LogP contribution in [0.1, 0.15) is 22.3 Å². The van der Waals surface area contributed by atoms with E-state index in [0.717, 1.165) is 18.5 Å². The van der Waals surface area contributed by atoms with Crippen LogP contribution in [0.4, 0.5) is 4.39 Å². The van der Waals surface area contributed by atoms with Crippen LogP contribution in [0, 0.1) is 12.7 Å². The van der Waals surface area contributed by atoms with E-state index in [9.17, 15) is 9.18 Å². The summed E-state index contributed by atoms with van der Waals surface area (Å²) >= 11 is 0. The number of carbonyl (C=O) groups is 1. The highest BCUT2D eigenvalue weighted by molar-refractivity contribution is 5.94.